The molecule has 4 aromatic carbocycles. The Labute approximate surface area is 247 Å². The van der Waals surface area contributed by atoms with Gasteiger partial charge < -0.3 is 34.5 Å². The molecule has 1 fully saturated rings. The normalized spacial score (nSPS) is 18.5. The van der Waals surface area contributed by atoms with E-state index < -0.39 is 0 Å². The Kier molecular flexibility index (Phi) is 10.8. The summed E-state index contributed by atoms with van der Waals surface area (Å²) in [5.74, 6) is 1.29. The fourth-order valence-corrected chi connectivity index (χ4v) is 5.11. The van der Waals surface area contributed by atoms with Gasteiger partial charge in [-0.15, -0.1) is 0 Å². The van der Waals surface area contributed by atoms with Gasteiger partial charge in [0.2, 0.25) is 0 Å². The van der Waals surface area contributed by atoms with Gasteiger partial charge in [-0.2, -0.15) is 0 Å². The third kappa shape index (κ3) is 8.81. The molecular formula is C35H39NO6. The molecule has 0 radical (unpaired) electrons. The van der Waals surface area contributed by atoms with Gasteiger partial charge in [0, 0.05) is 25.4 Å². The molecule has 42 heavy (non-hydrogen) atoms. The number of phenols is 2. The van der Waals surface area contributed by atoms with Crippen molar-refractivity contribution < 1.29 is 29.2 Å². The molecule has 1 aliphatic heterocycles. The molecule has 1 heterocycles. The van der Waals surface area contributed by atoms with Crippen molar-refractivity contribution in [1.29, 1.82) is 0 Å². The van der Waals surface area contributed by atoms with Gasteiger partial charge in [-0.3, -0.25) is 0 Å². The van der Waals surface area contributed by atoms with Crippen LogP contribution in [0.4, 0.5) is 0 Å². The van der Waals surface area contributed by atoms with Crippen LogP contribution in [-0.4, -0.2) is 48.7 Å². The van der Waals surface area contributed by atoms with Crippen LogP contribution in [0.5, 0.6) is 17.2 Å². The number of phenolic OH excluding ortho intramolecular Hbond substituents is 2. The Morgan fingerprint density at radius 3 is 1.71 bits per heavy atom. The Hall–Kier alpha value is -3.88. The number of ether oxygens (including phenoxy) is 4. The lowest BCUT2D eigenvalue weighted by molar-refractivity contribution is -0.0650. The third-order valence-electron chi connectivity index (χ3n) is 7.37. The lowest BCUT2D eigenvalue weighted by Gasteiger charge is -2.39. The molecule has 1 aliphatic rings. The summed E-state index contributed by atoms with van der Waals surface area (Å²) < 4.78 is 24.6. The monoisotopic (exact) mass is 569 g/mol. The minimum Gasteiger partial charge on any atom is -0.508 e. The Balaban J connectivity index is 1.19. The van der Waals surface area contributed by atoms with Gasteiger partial charge in [0.25, 0.3) is 0 Å². The molecule has 1 unspecified atom stereocenters. The van der Waals surface area contributed by atoms with Gasteiger partial charge >= 0.3 is 0 Å². The van der Waals surface area contributed by atoms with Gasteiger partial charge in [0.1, 0.15) is 17.2 Å². The average molecular weight is 570 g/mol. The fourth-order valence-electron chi connectivity index (χ4n) is 5.11. The zero-order valence-corrected chi connectivity index (χ0v) is 23.7. The second kappa shape index (κ2) is 15.4. The van der Waals surface area contributed by atoms with E-state index in [0.717, 1.165) is 28.9 Å². The van der Waals surface area contributed by atoms with Crippen molar-refractivity contribution in [3.8, 4) is 17.2 Å². The number of aromatic hydroxyl groups is 2. The van der Waals surface area contributed by atoms with E-state index in [-0.39, 0.29) is 29.6 Å². The summed E-state index contributed by atoms with van der Waals surface area (Å²) in [6, 6.07) is 32.6. The molecule has 0 aliphatic carbocycles. The van der Waals surface area contributed by atoms with E-state index in [4.69, 9.17) is 18.9 Å². The Morgan fingerprint density at radius 1 is 0.595 bits per heavy atom. The van der Waals surface area contributed by atoms with Crippen molar-refractivity contribution in [2.75, 3.05) is 26.3 Å². The van der Waals surface area contributed by atoms with Crippen LogP contribution in [0, 0.1) is 0 Å². The van der Waals surface area contributed by atoms with Gasteiger partial charge in [0.05, 0.1) is 45.2 Å². The van der Waals surface area contributed by atoms with Crippen LogP contribution in [0.3, 0.4) is 0 Å². The summed E-state index contributed by atoms with van der Waals surface area (Å²) in [4.78, 5) is 0. The number of rotatable bonds is 14. The number of nitrogens with one attached hydrogen (secondary N) is 1. The first-order valence-corrected chi connectivity index (χ1v) is 14.5. The highest BCUT2D eigenvalue weighted by Gasteiger charge is 2.36. The SMILES string of the molecule is Oc1ccc(CO[C@H]2CNC[C@@H](OCc3ccc(O)cc3)C2c2ccc(OCCCOCc3ccccc3)cc2)cc1. The predicted molar refractivity (Wildman–Crippen MR) is 162 cm³/mol. The smallest absolute Gasteiger partial charge is 0.119 e. The predicted octanol–water partition coefficient (Wildman–Crippen LogP) is 5.94. The molecule has 0 aromatic heterocycles. The quantitative estimate of drug-likeness (QED) is 0.162. The maximum atomic E-state index is 9.63. The standard InChI is InChI=1S/C35H39NO6/c37-30-13-7-27(8-14-30)24-41-33-21-36-22-34(42-25-28-9-15-31(38)16-10-28)35(33)29-11-17-32(18-12-29)40-20-4-19-39-23-26-5-2-1-3-6-26/h1-3,5-18,33-38H,4,19-25H2/t33-,34+,35?. The number of piperidine rings is 1. The van der Waals surface area contributed by atoms with Crippen molar-refractivity contribution in [2.45, 2.75) is 44.4 Å². The van der Waals surface area contributed by atoms with Crippen molar-refractivity contribution in [2.24, 2.45) is 0 Å². The highest BCUT2D eigenvalue weighted by atomic mass is 16.5. The molecule has 1 saturated heterocycles. The molecule has 7 nitrogen and oxygen atoms in total. The van der Waals surface area contributed by atoms with E-state index in [1.165, 1.54) is 5.56 Å². The van der Waals surface area contributed by atoms with Gasteiger partial charge in [0.15, 0.2) is 0 Å². The van der Waals surface area contributed by atoms with Crippen LogP contribution >= 0.6 is 0 Å². The molecule has 0 amide bonds. The van der Waals surface area contributed by atoms with E-state index >= 15 is 0 Å². The summed E-state index contributed by atoms with van der Waals surface area (Å²) in [5, 5.41) is 22.7. The maximum Gasteiger partial charge on any atom is 0.119 e. The summed E-state index contributed by atoms with van der Waals surface area (Å²) in [7, 11) is 0. The second-order valence-electron chi connectivity index (χ2n) is 10.5. The zero-order chi connectivity index (χ0) is 29.0. The lowest BCUT2D eigenvalue weighted by atomic mass is 9.85. The van der Waals surface area contributed by atoms with Gasteiger partial charge in [-0.1, -0.05) is 66.7 Å². The first-order valence-electron chi connectivity index (χ1n) is 14.5. The van der Waals surface area contributed by atoms with E-state index in [2.05, 4.69) is 29.6 Å². The largest absolute Gasteiger partial charge is 0.508 e. The van der Waals surface area contributed by atoms with Crippen molar-refractivity contribution in [3.05, 3.63) is 125 Å². The zero-order valence-electron chi connectivity index (χ0n) is 23.7. The first kappa shape index (κ1) is 29.6. The van der Waals surface area contributed by atoms with Crippen molar-refractivity contribution in [1.82, 2.24) is 5.32 Å². The van der Waals surface area contributed by atoms with Crippen molar-refractivity contribution >= 4 is 0 Å². The molecule has 5 rings (SSSR count). The minimum absolute atomic E-state index is 0.000849. The first-order chi connectivity index (χ1) is 20.6. The van der Waals surface area contributed by atoms with E-state index in [0.29, 0.717) is 46.1 Å². The Bertz CT molecular complexity index is 1270. The number of hydrogen-bond donors (Lipinski definition) is 3. The molecule has 0 bridgehead atoms. The van der Waals surface area contributed by atoms with Crippen LogP contribution in [0.25, 0.3) is 0 Å². The summed E-state index contributed by atoms with van der Waals surface area (Å²) >= 11 is 0. The maximum absolute atomic E-state index is 9.63. The summed E-state index contributed by atoms with van der Waals surface area (Å²) in [6.07, 6.45) is 0.570. The highest BCUT2D eigenvalue weighted by Crippen LogP contribution is 2.32. The fraction of sp³-hybridized carbons (Fsp3) is 0.314. The molecule has 3 N–H and O–H groups in total. The van der Waals surface area contributed by atoms with E-state index in [1.807, 2.05) is 54.6 Å². The van der Waals surface area contributed by atoms with Crippen LogP contribution in [0.2, 0.25) is 0 Å². The van der Waals surface area contributed by atoms with Crippen LogP contribution in [-0.2, 0) is 34.0 Å². The van der Waals surface area contributed by atoms with Crippen LogP contribution < -0.4 is 10.1 Å². The minimum atomic E-state index is -0.120. The third-order valence-corrected chi connectivity index (χ3v) is 7.37. The summed E-state index contributed by atoms with van der Waals surface area (Å²) in [6.45, 7) is 4.09. The van der Waals surface area contributed by atoms with E-state index in [1.54, 1.807) is 24.3 Å². The second-order valence-corrected chi connectivity index (χ2v) is 10.5. The molecule has 0 saturated carbocycles. The highest BCUT2D eigenvalue weighted by molar-refractivity contribution is 5.32. The van der Waals surface area contributed by atoms with Gasteiger partial charge in [-0.25, -0.2) is 0 Å². The molecule has 220 valence electrons. The number of benzene rings is 4. The molecule has 7 heteroatoms. The van der Waals surface area contributed by atoms with Crippen LogP contribution in [0.1, 0.15) is 34.6 Å². The molecular weight excluding hydrogens is 530 g/mol. The molecule has 3 atom stereocenters. The average Bonchev–Trinajstić information content (AvgIpc) is 3.03. The summed E-state index contributed by atoms with van der Waals surface area (Å²) in [5.41, 5.74) is 4.29. The van der Waals surface area contributed by atoms with Gasteiger partial charge in [-0.05, 0) is 58.7 Å². The van der Waals surface area contributed by atoms with Crippen molar-refractivity contribution in [3.63, 3.8) is 0 Å². The topological polar surface area (TPSA) is 89.4 Å². The van der Waals surface area contributed by atoms with Crippen LogP contribution in [0.15, 0.2) is 103 Å². The Morgan fingerprint density at radius 2 is 1.14 bits per heavy atom. The molecule has 0 spiro atoms. The lowest BCUT2D eigenvalue weighted by Crippen LogP contribution is -2.50. The number of hydrogen-bond acceptors (Lipinski definition) is 7. The molecule has 4 aromatic rings. The van der Waals surface area contributed by atoms with E-state index in [9.17, 15) is 10.2 Å².